The van der Waals surface area contributed by atoms with Gasteiger partial charge in [-0.25, -0.2) is 0 Å². The van der Waals surface area contributed by atoms with Crippen molar-refractivity contribution in [3.8, 4) is 5.75 Å². The minimum atomic E-state index is -0.105. The van der Waals surface area contributed by atoms with Crippen molar-refractivity contribution in [2.75, 3.05) is 13.1 Å². The minimum absolute atomic E-state index is 0.00369. The molecule has 5 nitrogen and oxygen atoms in total. The fourth-order valence-electron chi connectivity index (χ4n) is 1.93. The molecular formula is C17H18N2O3. The number of Topliss-reactive ketones (excluding diaryl/α,β-unsaturated/α-hetero) is 2. The van der Waals surface area contributed by atoms with E-state index in [0.29, 0.717) is 23.5 Å². The van der Waals surface area contributed by atoms with E-state index in [1.54, 1.807) is 36.4 Å². The smallest absolute Gasteiger partial charge is 0.176 e. The van der Waals surface area contributed by atoms with Crippen LogP contribution in [0.3, 0.4) is 0 Å². The highest BCUT2D eigenvalue weighted by molar-refractivity contribution is 5.97. The maximum absolute atomic E-state index is 11.4. The van der Waals surface area contributed by atoms with Crippen molar-refractivity contribution in [1.29, 1.82) is 0 Å². The van der Waals surface area contributed by atoms with Crippen LogP contribution in [0.25, 0.3) is 0 Å². The molecule has 22 heavy (non-hydrogen) atoms. The lowest BCUT2D eigenvalue weighted by molar-refractivity contribution is 0.0993. The molecule has 0 spiro atoms. The van der Waals surface area contributed by atoms with E-state index >= 15 is 0 Å². The standard InChI is InChI=1S/C17H18N2O3/c18-9-16(20)13-3-1-12(2-4-13)11-22-15-7-5-14(6-8-15)17(21)10-19/h1-8H,9-11,18-19H2. The minimum Gasteiger partial charge on any atom is -0.489 e. The van der Waals surface area contributed by atoms with Crippen LogP contribution in [0.4, 0.5) is 0 Å². The molecule has 0 aliphatic carbocycles. The maximum atomic E-state index is 11.4. The Morgan fingerprint density at radius 2 is 1.23 bits per heavy atom. The predicted octanol–water partition coefficient (Wildman–Crippen LogP) is 1.55. The quantitative estimate of drug-likeness (QED) is 0.756. The highest BCUT2D eigenvalue weighted by atomic mass is 16.5. The number of benzene rings is 2. The number of nitrogens with two attached hydrogens (primary N) is 2. The molecular weight excluding hydrogens is 280 g/mol. The van der Waals surface area contributed by atoms with Gasteiger partial charge in [0.25, 0.3) is 0 Å². The molecule has 5 heteroatoms. The summed E-state index contributed by atoms with van der Waals surface area (Å²) in [7, 11) is 0. The number of ketones is 2. The molecule has 114 valence electrons. The molecule has 0 aliphatic heterocycles. The molecule has 2 aromatic rings. The van der Waals surface area contributed by atoms with Gasteiger partial charge in [-0.2, -0.15) is 0 Å². The molecule has 0 heterocycles. The largest absolute Gasteiger partial charge is 0.489 e. The highest BCUT2D eigenvalue weighted by Crippen LogP contribution is 2.15. The van der Waals surface area contributed by atoms with E-state index in [9.17, 15) is 9.59 Å². The zero-order valence-electron chi connectivity index (χ0n) is 12.1. The van der Waals surface area contributed by atoms with Gasteiger partial charge in [-0.05, 0) is 29.8 Å². The van der Waals surface area contributed by atoms with Crippen molar-refractivity contribution in [3.63, 3.8) is 0 Å². The van der Waals surface area contributed by atoms with Gasteiger partial charge in [0.15, 0.2) is 11.6 Å². The average molecular weight is 298 g/mol. The zero-order chi connectivity index (χ0) is 15.9. The van der Waals surface area contributed by atoms with Crippen LogP contribution in [0.2, 0.25) is 0 Å². The molecule has 0 fully saturated rings. The van der Waals surface area contributed by atoms with Crippen molar-refractivity contribution in [2.45, 2.75) is 6.61 Å². The van der Waals surface area contributed by atoms with Crippen LogP contribution in [0.1, 0.15) is 26.3 Å². The number of hydrogen-bond acceptors (Lipinski definition) is 5. The Balaban J connectivity index is 1.95. The van der Waals surface area contributed by atoms with Gasteiger partial charge >= 0.3 is 0 Å². The van der Waals surface area contributed by atoms with Crippen LogP contribution in [0.5, 0.6) is 5.75 Å². The van der Waals surface area contributed by atoms with Gasteiger partial charge in [-0.1, -0.05) is 24.3 Å². The van der Waals surface area contributed by atoms with Crippen molar-refractivity contribution < 1.29 is 14.3 Å². The Morgan fingerprint density at radius 3 is 1.68 bits per heavy atom. The second kappa shape index (κ2) is 7.49. The Morgan fingerprint density at radius 1 is 0.773 bits per heavy atom. The first-order chi connectivity index (χ1) is 10.6. The number of rotatable bonds is 7. The second-order valence-corrected chi connectivity index (χ2v) is 4.76. The maximum Gasteiger partial charge on any atom is 0.176 e. The summed E-state index contributed by atoms with van der Waals surface area (Å²) >= 11 is 0. The molecule has 2 aromatic carbocycles. The van der Waals surface area contributed by atoms with Gasteiger partial charge in [0.05, 0.1) is 13.1 Å². The molecule has 4 N–H and O–H groups in total. The van der Waals surface area contributed by atoms with Crippen LogP contribution >= 0.6 is 0 Å². The number of carbonyl (C=O) groups is 2. The van der Waals surface area contributed by atoms with E-state index in [0.717, 1.165) is 5.56 Å². The zero-order valence-corrected chi connectivity index (χ0v) is 12.1. The number of carbonyl (C=O) groups excluding carboxylic acids is 2. The molecule has 0 aliphatic rings. The van der Waals surface area contributed by atoms with Gasteiger partial charge in [-0.3, -0.25) is 9.59 Å². The van der Waals surface area contributed by atoms with Crippen LogP contribution in [0, 0.1) is 0 Å². The third-order valence-electron chi connectivity index (χ3n) is 3.23. The van der Waals surface area contributed by atoms with Crippen LogP contribution in [-0.4, -0.2) is 24.7 Å². The summed E-state index contributed by atoms with van der Waals surface area (Å²) in [6, 6.07) is 14.0. The number of ether oxygens (including phenoxy) is 1. The number of hydrogen-bond donors (Lipinski definition) is 2. The lowest BCUT2D eigenvalue weighted by Gasteiger charge is -2.07. The summed E-state index contributed by atoms with van der Waals surface area (Å²) in [5, 5.41) is 0. The van der Waals surface area contributed by atoms with Gasteiger partial charge in [0.1, 0.15) is 12.4 Å². The topological polar surface area (TPSA) is 95.4 Å². The van der Waals surface area contributed by atoms with Crippen molar-refractivity contribution in [3.05, 3.63) is 65.2 Å². The molecule has 0 saturated carbocycles. The predicted molar refractivity (Wildman–Crippen MR) is 84.0 cm³/mol. The summed E-state index contributed by atoms with van der Waals surface area (Å²) < 4.78 is 5.63. The first-order valence-electron chi connectivity index (χ1n) is 6.92. The van der Waals surface area contributed by atoms with Gasteiger partial charge in [0, 0.05) is 11.1 Å². The fraction of sp³-hybridized carbons (Fsp3) is 0.176. The van der Waals surface area contributed by atoms with E-state index in [1.807, 2.05) is 12.1 Å². The first kappa shape index (κ1) is 15.9. The Bertz CT molecular complexity index is 589. The summed E-state index contributed by atoms with van der Waals surface area (Å²) in [5.41, 5.74) is 12.7. The summed E-state index contributed by atoms with van der Waals surface area (Å²) in [4.78, 5) is 22.8. The molecule has 0 atom stereocenters. The summed E-state index contributed by atoms with van der Waals surface area (Å²) in [5.74, 6) is 0.468. The summed E-state index contributed by atoms with van der Waals surface area (Å²) in [6.45, 7) is 0.374. The average Bonchev–Trinajstić information content (AvgIpc) is 2.59. The van der Waals surface area contributed by atoms with Crippen molar-refractivity contribution >= 4 is 11.6 Å². The van der Waals surface area contributed by atoms with Crippen molar-refractivity contribution in [1.82, 2.24) is 0 Å². The molecule has 0 saturated heterocycles. The van der Waals surface area contributed by atoms with Crippen LogP contribution in [0.15, 0.2) is 48.5 Å². The molecule has 0 bridgehead atoms. The third-order valence-corrected chi connectivity index (χ3v) is 3.23. The third kappa shape index (κ3) is 4.00. The highest BCUT2D eigenvalue weighted by Gasteiger charge is 2.05. The fourth-order valence-corrected chi connectivity index (χ4v) is 1.93. The molecule has 0 amide bonds. The van der Waals surface area contributed by atoms with Gasteiger partial charge in [-0.15, -0.1) is 0 Å². The lowest BCUT2D eigenvalue weighted by Crippen LogP contribution is -2.13. The van der Waals surface area contributed by atoms with E-state index in [4.69, 9.17) is 16.2 Å². The Labute approximate surface area is 128 Å². The van der Waals surface area contributed by atoms with Crippen LogP contribution in [-0.2, 0) is 6.61 Å². The Hall–Kier alpha value is -2.50. The van der Waals surface area contributed by atoms with E-state index in [-0.39, 0.29) is 24.7 Å². The monoisotopic (exact) mass is 298 g/mol. The van der Waals surface area contributed by atoms with Crippen molar-refractivity contribution in [2.24, 2.45) is 11.5 Å². The Kier molecular flexibility index (Phi) is 5.41. The molecule has 0 aromatic heterocycles. The van der Waals surface area contributed by atoms with Gasteiger partial charge < -0.3 is 16.2 Å². The lowest BCUT2D eigenvalue weighted by atomic mass is 10.1. The molecule has 0 unspecified atom stereocenters. The molecule has 2 rings (SSSR count). The first-order valence-corrected chi connectivity index (χ1v) is 6.92. The van der Waals surface area contributed by atoms with Crippen LogP contribution < -0.4 is 16.2 Å². The normalized spacial score (nSPS) is 10.3. The SMILES string of the molecule is NCC(=O)c1ccc(COc2ccc(C(=O)CN)cc2)cc1. The summed E-state index contributed by atoms with van der Waals surface area (Å²) in [6.07, 6.45) is 0. The van der Waals surface area contributed by atoms with Gasteiger partial charge in [0.2, 0.25) is 0 Å². The van der Waals surface area contributed by atoms with E-state index in [2.05, 4.69) is 0 Å². The molecule has 0 radical (unpaired) electrons. The van der Waals surface area contributed by atoms with E-state index < -0.39 is 0 Å². The van der Waals surface area contributed by atoms with E-state index in [1.165, 1.54) is 0 Å². The second-order valence-electron chi connectivity index (χ2n) is 4.76.